The second-order valence-corrected chi connectivity index (χ2v) is 0. The molecule has 0 aromatic carbocycles. The van der Waals surface area contributed by atoms with E-state index in [0.29, 0.717) is 0 Å². The van der Waals surface area contributed by atoms with Crippen LogP contribution in [0, 0.1) is 82.6 Å². The topological polar surface area (TPSA) is 0 Å². The van der Waals surface area contributed by atoms with Crippen LogP contribution in [-0.2, 0) is 290 Å². The minimum Gasteiger partial charge on any atom is 0 e. The van der Waals surface area contributed by atoms with Gasteiger partial charge in [-0.1, -0.05) is 0 Å². The van der Waals surface area contributed by atoms with Crippen LogP contribution in [0.15, 0.2) is 0 Å². The van der Waals surface area contributed by atoms with Crippen LogP contribution >= 0.6 is 0 Å². The van der Waals surface area contributed by atoms with E-state index in [4.69, 9.17) is 0 Å². The number of rotatable bonds is 0. The molecule has 0 rings (SSSR count). The van der Waals surface area contributed by atoms with E-state index < -0.39 is 0 Å². The molecule has 0 unspecified atom stereocenters. The van der Waals surface area contributed by atoms with Crippen molar-refractivity contribution < 1.29 is 373 Å². The molecule has 0 spiro atoms. The molecule has 0 aliphatic rings. The summed E-state index contributed by atoms with van der Waals surface area (Å²) >= 11 is 0. The van der Waals surface area contributed by atoms with E-state index in [2.05, 4.69) is 0 Å². The van der Waals surface area contributed by atoms with Gasteiger partial charge in [0.15, 0.2) is 0 Å². The van der Waals surface area contributed by atoms with E-state index in [1.54, 1.807) is 0 Å². The van der Waals surface area contributed by atoms with Crippen LogP contribution in [0.1, 0.15) is 0 Å². The van der Waals surface area contributed by atoms with Gasteiger partial charge in [-0.15, -0.1) is 0 Å². The summed E-state index contributed by atoms with van der Waals surface area (Å²) in [6, 6.07) is 0. The van der Waals surface area contributed by atoms with Gasteiger partial charge in [0.05, 0.1) is 0 Å². The number of hydrogen-bond donors (Lipinski definition) is 0. The van der Waals surface area contributed by atoms with E-state index in [-0.39, 0.29) is 373 Å². The normalized spacial score (nSPS) is 0. The molecule has 0 bridgehead atoms. The third kappa shape index (κ3) is 168. The maximum Gasteiger partial charge on any atom is 0 e. The minimum absolute atomic E-state index is 0. The van der Waals surface area contributed by atoms with Gasteiger partial charge >= 0.3 is 0 Å². The van der Waals surface area contributed by atoms with Crippen LogP contribution < -0.4 is 0 Å². The SMILES string of the molecule is [Fe].[Fe].[Fe].[Fe].[Fe].[Fe].[Fe].[Fe].[Fe].[Fe].[Fe].[Fe].[Fe].[Fe].[Fe].[Fe].[Fe].[Pr].[Pr]. The van der Waals surface area contributed by atoms with Gasteiger partial charge in [0, 0.05) is 373 Å². The zero-order chi connectivity index (χ0) is 0. The van der Waals surface area contributed by atoms with Crippen LogP contribution in [0.3, 0.4) is 0 Å². The zero-order valence-electron chi connectivity index (χ0n) is 7.17. The molecule has 0 nitrogen and oxygen atoms in total. The Labute approximate surface area is 362 Å². The summed E-state index contributed by atoms with van der Waals surface area (Å²) in [7, 11) is 0. The molecule has 0 saturated carbocycles. The van der Waals surface area contributed by atoms with E-state index in [9.17, 15) is 0 Å². The average Bonchev–Trinajstić information content (AvgIpc) is 0. The first-order valence-corrected chi connectivity index (χ1v) is 0. The Morgan fingerprint density at radius 2 is 0.105 bits per heavy atom. The van der Waals surface area contributed by atoms with Crippen molar-refractivity contribution in [2.24, 2.45) is 0 Å². The molecule has 19 heavy (non-hydrogen) atoms. The standard InChI is InChI=1S/17Fe.2Pr. The molecule has 142 valence electrons. The van der Waals surface area contributed by atoms with Gasteiger partial charge in [0.25, 0.3) is 0 Å². The zero-order valence-corrected chi connectivity index (χ0v) is 33.3. The monoisotopic (exact) mass is 1230 g/mol. The summed E-state index contributed by atoms with van der Waals surface area (Å²) in [5.41, 5.74) is 0. The molecule has 0 atom stereocenters. The quantitative estimate of drug-likeness (QED) is 0.300. The molecule has 0 aliphatic heterocycles. The molecule has 0 fully saturated rings. The van der Waals surface area contributed by atoms with Gasteiger partial charge in [-0.3, -0.25) is 0 Å². The summed E-state index contributed by atoms with van der Waals surface area (Å²) in [5.74, 6) is 0. The van der Waals surface area contributed by atoms with Crippen LogP contribution in [0.5, 0.6) is 0 Å². The largest absolute Gasteiger partial charge is 0 e. The second kappa shape index (κ2) is 180. The van der Waals surface area contributed by atoms with Crippen LogP contribution in [0.2, 0.25) is 0 Å². The average molecular weight is 1230 g/mol. The van der Waals surface area contributed by atoms with Gasteiger partial charge in [-0.2, -0.15) is 0 Å². The Morgan fingerprint density at radius 3 is 0.105 bits per heavy atom. The summed E-state index contributed by atoms with van der Waals surface area (Å²) < 4.78 is 0. The summed E-state index contributed by atoms with van der Waals surface area (Å²) in [5, 5.41) is 0. The maximum atomic E-state index is 0. The predicted molar refractivity (Wildman–Crippen MR) is 0 cm³/mol. The van der Waals surface area contributed by atoms with E-state index in [0.717, 1.165) is 0 Å². The van der Waals surface area contributed by atoms with Gasteiger partial charge in [-0.25, -0.2) is 0 Å². The van der Waals surface area contributed by atoms with Crippen molar-refractivity contribution in [2.45, 2.75) is 0 Å². The fourth-order valence-corrected chi connectivity index (χ4v) is 0. The van der Waals surface area contributed by atoms with E-state index >= 15 is 0 Å². The molecule has 2 radical (unpaired) electrons. The summed E-state index contributed by atoms with van der Waals surface area (Å²) in [6.07, 6.45) is 0. The van der Waals surface area contributed by atoms with Gasteiger partial charge in [-0.05, 0) is 0 Å². The Morgan fingerprint density at radius 1 is 0.105 bits per heavy atom. The van der Waals surface area contributed by atoms with Crippen molar-refractivity contribution in [3.63, 3.8) is 0 Å². The third-order valence-electron chi connectivity index (χ3n) is 0. The van der Waals surface area contributed by atoms with E-state index in [1.165, 1.54) is 0 Å². The van der Waals surface area contributed by atoms with Crippen molar-refractivity contribution in [3.8, 4) is 0 Å². The molecule has 0 aromatic heterocycles. The smallest absolute Gasteiger partial charge is 0 e. The predicted octanol–water partition coefficient (Wildman–Crippen LogP) is -0.0425. The molecule has 0 N–H and O–H groups in total. The van der Waals surface area contributed by atoms with Crippen molar-refractivity contribution in [1.82, 2.24) is 0 Å². The van der Waals surface area contributed by atoms with Gasteiger partial charge in [0.2, 0.25) is 0 Å². The Bertz CT molecular complexity index is 9.22. The molecular weight excluding hydrogens is 1230 g/mol. The summed E-state index contributed by atoms with van der Waals surface area (Å²) in [6.45, 7) is 0. The fraction of sp³-hybridized carbons (Fsp3) is 0. The van der Waals surface area contributed by atoms with Crippen LogP contribution in [0.4, 0.5) is 0 Å². The third-order valence-corrected chi connectivity index (χ3v) is 0. The maximum absolute atomic E-state index is 0. The minimum atomic E-state index is 0. The van der Waals surface area contributed by atoms with Crippen molar-refractivity contribution >= 4 is 0 Å². The molecule has 0 aliphatic carbocycles. The van der Waals surface area contributed by atoms with Gasteiger partial charge in [0.1, 0.15) is 0 Å². The van der Waals surface area contributed by atoms with Crippen molar-refractivity contribution in [2.75, 3.05) is 0 Å². The second-order valence-electron chi connectivity index (χ2n) is 0. The fourth-order valence-electron chi connectivity index (χ4n) is 0. The molecule has 0 heterocycles. The Hall–Kier alpha value is 11.6. The first-order valence-electron chi connectivity index (χ1n) is 0. The van der Waals surface area contributed by atoms with Crippen molar-refractivity contribution in [1.29, 1.82) is 0 Å². The molecule has 19 heteroatoms. The van der Waals surface area contributed by atoms with Gasteiger partial charge < -0.3 is 0 Å². The van der Waals surface area contributed by atoms with Crippen LogP contribution in [-0.4, -0.2) is 0 Å². The van der Waals surface area contributed by atoms with Crippen LogP contribution in [0.25, 0.3) is 0 Å². The first kappa shape index (κ1) is 200. The Balaban J connectivity index is 0. The summed E-state index contributed by atoms with van der Waals surface area (Å²) in [4.78, 5) is 0. The molecule has 0 saturated heterocycles. The van der Waals surface area contributed by atoms with Crippen molar-refractivity contribution in [3.05, 3.63) is 0 Å². The molecule has 0 amide bonds. The first-order chi connectivity index (χ1) is 0. The molecule has 0 aromatic rings. The van der Waals surface area contributed by atoms with E-state index in [1.807, 2.05) is 0 Å². The Kier molecular flexibility index (Phi) is 1900. The number of hydrogen-bond acceptors (Lipinski definition) is 0. The molecular formula is Fe17Pr2.